The van der Waals surface area contributed by atoms with Crippen LogP contribution >= 0.6 is 0 Å². The fraction of sp³-hybridized carbons (Fsp3) is 0.688. The predicted molar refractivity (Wildman–Crippen MR) is 85.3 cm³/mol. The molecule has 1 aliphatic rings. The Morgan fingerprint density at radius 1 is 1.36 bits per heavy atom. The summed E-state index contributed by atoms with van der Waals surface area (Å²) in [7, 11) is 1.90. The quantitative estimate of drug-likeness (QED) is 0.505. The lowest BCUT2D eigenvalue weighted by molar-refractivity contribution is -0.140. The fourth-order valence-electron chi connectivity index (χ4n) is 2.62. The third-order valence-corrected chi connectivity index (χ3v) is 3.79. The largest absolute Gasteiger partial charge is 0.346 e. The maximum atomic E-state index is 12.3. The smallest absolute Gasteiger partial charge is 0.289 e. The van der Waals surface area contributed by atoms with Gasteiger partial charge >= 0.3 is 0 Å². The van der Waals surface area contributed by atoms with E-state index in [0.717, 1.165) is 19.4 Å². The molecule has 0 aliphatic carbocycles. The second-order valence-corrected chi connectivity index (χ2v) is 6.19. The number of carbonyl (C=O) groups excluding carboxylic acids is 3. The number of hydrogen-bond acceptors (Lipinski definition) is 4. The Morgan fingerprint density at radius 2 is 2.05 bits per heavy atom. The summed E-state index contributed by atoms with van der Waals surface area (Å²) >= 11 is 0. The molecule has 0 aromatic heterocycles. The van der Waals surface area contributed by atoms with Crippen molar-refractivity contribution in [1.82, 2.24) is 15.5 Å². The normalized spacial score (nSPS) is 19.7. The van der Waals surface area contributed by atoms with Gasteiger partial charge in [-0.1, -0.05) is 19.9 Å². The van der Waals surface area contributed by atoms with E-state index in [1.54, 1.807) is 0 Å². The van der Waals surface area contributed by atoms with Crippen molar-refractivity contribution < 1.29 is 14.4 Å². The zero-order valence-corrected chi connectivity index (χ0v) is 13.7. The van der Waals surface area contributed by atoms with Crippen LogP contribution in [0, 0.1) is 5.92 Å². The van der Waals surface area contributed by atoms with Crippen molar-refractivity contribution in [3.63, 3.8) is 0 Å². The van der Waals surface area contributed by atoms with E-state index < -0.39 is 17.7 Å². The molecule has 6 nitrogen and oxygen atoms in total. The Kier molecular flexibility index (Phi) is 7.24. The molecule has 22 heavy (non-hydrogen) atoms. The van der Waals surface area contributed by atoms with Gasteiger partial charge in [-0.3, -0.25) is 19.3 Å². The van der Waals surface area contributed by atoms with Gasteiger partial charge in [0.1, 0.15) is 0 Å². The van der Waals surface area contributed by atoms with Crippen LogP contribution in [0.5, 0.6) is 0 Å². The summed E-state index contributed by atoms with van der Waals surface area (Å²) in [5, 5.41) is 5.23. The predicted octanol–water partition coefficient (Wildman–Crippen LogP) is 0.483. The van der Waals surface area contributed by atoms with E-state index in [0.29, 0.717) is 6.42 Å². The SMILES string of the molecule is C=CCNC(=O)C(=O)C(CC(C)C)NC(=O)C1CCCN1C. The molecule has 1 aliphatic heterocycles. The number of hydrogen-bond donors (Lipinski definition) is 2. The molecule has 0 saturated carbocycles. The molecule has 1 saturated heterocycles. The summed E-state index contributed by atoms with van der Waals surface area (Å²) in [6, 6.07) is -0.981. The maximum absolute atomic E-state index is 12.3. The number of rotatable bonds is 8. The van der Waals surface area contributed by atoms with Crippen LogP contribution in [0.4, 0.5) is 0 Å². The Balaban J connectivity index is 2.70. The first-order valence-electron chi connectivity index (χ1n) is 7.80. The molecule has 124 valence electrons. The molecule has 0 radical (unpaired) electrons. The van der Waals surface area contributed by atoms with Crippen molar-refractivity contribution in [3.8, 4) is 0 Å². The second kappa shape index (κ2) is 8.68. The van der Waals surface area contributed by atoms with Gasteiger partial charge in [-0.15, -0.1) is 6.58 Å². The summed E-state index contributed by atoms with van der Waals surface area (Å²) in [5.74, 6) is -1.24. The van der Waals surface area contributed by atoms with Gasteiger partial charge in [0, 0.05) is 6.54 Å². The van der Waals surface area contributed by atoms with Gasteiger partial charge in [0.15, 0.2) is 0 Å². The number of nitrogens with one attached hydrogen (secondary N) is 2. The van der Waals surface area contributed by atoms with Crippen LogP contribution in [-0.2, 0) is 14.4 Å². The maximum Gasteiger partial charge on any atom is 0.289 e. The van der Waals surface area contributed by atoms with Crippen LogP contribution in [0.2, 0.25) is 0 Å². The number of carbonyl (C=O) groups is 3. The zero-order valence-electron chi connectivity index (χ0n) is 13.7. The van der Waals surface area contributed by atoms with Gasteiger partial charge < -0.3 is 10.6 Å². The molecule has 2 N–H and O–H groups in total. The average Bonchev–Trinajstić information content (AvgIpc) is 2.88. The number of amides is 2. The van der Waals surface area contributed by atoms with E-state index in [9.17, 15) is 14.4 Å². The van der Waals surface area contributed by atoms with Crippen LogP contribution in [0.25, 0.3) is 0 Å². The molecule has 0 aromatic carbocycles. The fourth-order valence-corrected chi connectivity index (χ4v) is 2.62. The summed E-state index contributed by atoms with van der Waals surface area (Å²) in [6.07, 6.45) is 3.71. The Hall–Kier alpha value is -1.69. The van der Waals surface area contributed by atoms with Crippen molar-refractivity contribution >= 4 is 17.6 Å². The first kappa shape index (κ1) is 18.4. The van der Waals surface area contributed by atoms with Crippen LogP contribution in [-0.4, -0.2) is 54.7 Å². The molecule has 2 unspecified atom stereocenters. The third-order valence-electron chi connectivity index (χ3n) is 3.79. The summed E-state index contributed by atoms with van der Waals surface area (Å²) in [6.45, 7) is 8.51. The molecular weight excluding hydrogens is 282 g/mol. The standard InChI is InChI=1S/C16H27N3O3/c1-5-8-17-16(22)14(20)12(10-11(2)3)18-15(21)13-7-6-9-19(13)4/h5,11-13H,1,6-10H2,2-4H3,(H,17,22)(H,18,21). The van der Waals surface area contributed by atoms with Crippen molar-refractivity contribution in [3.05, 3.63) is 12.7 Å². The van der Waals surface area contributed by atoms with Gasteiger partial charge in [-0.2, -0.15) is 0 Å². The highest BCUT2D eigenvalue weighted by Crippen LogP contribution is 2.15. The van der Waals surface area contributed by atoms with Gasteiger partial charge in [-0.25, -0.2) is 0 Å². The minimum Gasteiger partial charge on any atom is -0.346 e. The molecule has 0 spiro atoms. The minimum atomic E-state index is -0.772. The van der Waals surface area contributed by atoms with Crippen LogP contribution in [0.1, 0.15) is 33.1 Å². The Labute approximate surface area is 132 Å². The molecular formula is C16H27N3O3. The monoisotopic (exact) mass is 309 g/mol. The second-order valence-electron chi connectivity index (χ2n) is 6.19. The van der Waals surface area contributed by atoms with Gasteiger partial charge in [0.2, 0.25) is 11.7 Å². The number of Topliss-reactive ketones (excluding diaryl/α,β-unsaturated/α-hetero) is 1. The third kappa shape index (κ3) is 5.26. The van der Waals surface area contributed by atoms with Crippen molar-refractivity contribution in [2.75, 3.05) is 20.1 Å². The number of nitrogens with zero attached hydrogens (tertiary/aromatic N) is 1. The van der Waals surface area contributed by atoms with Gasteiger partial charge in [0.25, 0.3) is 5.91 Å². The first-order valence-corrected chi connectivity index (χ1v) is 7.80. The average molecular weight is 309 g/mol. The van der Waals surface area contributed by atoms with Crippen LogP contribution in [0.15, 0.2) is 12.7 Å². The van der Waals surface area contributed by atoms with Gasteiger partial charge in [0.05, 0.1) is 12.1 Å². The number of ketones is 1. The number of likely N-dealkylation sites (N-methyl/N-ethyl adjacent to an activating group) is 1. The van der Waals surface area contributed by atoms with E-state index in [1.165, 1.54) is 6.08 Å². The highest BCUT2D eigenvalue weighted by atomic mass is 16.2. The molecule has 1 rings (SSSR count). The minimum absolute atomic E-state index is 0.171. The Bertz CT molecular complexity index is 434. The Morgan fingerprint density at radius 3 is 2.55 bits per heavy atom. The van der Waals surface area contributed by atoms with Crippen LogP contribution in [0.3, 0.4) is 0 Å². The molecule has 1 fully saturated rings. The van der Waals surface area contributed by atoms with Crippen LogP contribution < -0.4 is 10.6 Å². The van der Waals surface area contributed by atoms with E-state index in [2.05, 4.69) is 17.2 Å². The number of likely N-dealkylation sites (tertiary alicyclic amines) is 1. The lowest BCUT2D eigenvalue weighted by Gasteiger charge is -2.24. The molecule has 0 bridgehead atoms. The van der Waals surface area contributed by atoms with Crippen molar-refractivity contribution in [1.29, 1.82) is 0 Å². The van der Waals surface area contributed by atoms with E-state index >= 15 is 0 Å². The highest BCUT2D eigenvalue weighted by molar-refractivity contribution is 6.38. The van der Waals surface area contributed by atoms with E-state index in [1.807, 2.05) is 25.8 Å². The van der Waals surface area contributed by atoms with Crippen molar-refractivity contribution in [2.45, 2.75) is 45.2 Å². The summed E-state index contributed by atoms with van der Waals surface area (Å²) in [4.78, 5) is 38.4. The summed E-state index contributed by atoms with van der Waals surface area (Å²) in [5.41, 5.74) is 0. The summed E-state index contributed by atoms with van der Waals surface area (Å²) < 4.78 is 0. The molecule has 2 amide bonds. The lowest BCUT2D eigenvalue weighted by Crippen LogP contribution is -2.52. The topological polar surface area (TPSA) is 78.5 Å². The highest BCUT2D eigenvalue weighted by Gasteiger charge is 2.33. The van der Waals surface area contributed by atoms with E-state index in [4.69, 9.17) is 0 Å². The molecule has 6 heteroatoms. The first-order chi connectivity index (χ1) is 10.4. The zero-order chi connectivity index (χ0) is 16.7. The lowest BCUT2D eigenvalue weighted by atomic mass is 9.99. The molecule has 0 aromatic rings. The van der Waals surface area contributed by atoms with E-state index in [-0.39, 0.29) is 24.4 Å². The van der Waals surface area contributed by atoms with Crippen molar-refractivity contribution in [2.24, 2.45) is 5.92 Å². The van der Waals surface area contributed by atoms with Gasteiger partial charge in [-0.05, 0) is 38.8 Å². The molecule has 1 heterocycles. The molecule has 2 atom stereocenters.